The Morgan fingerprint density at radius 2 is 2.57 bits per heavy atom. The number of hydrogen-bond donors (Lipinski definition) is 4. The van der Waals surface area contributed by atoms with Gasteiger partial charge in [-0.3, -0.25) is 10.1 Å². The van der Waals surface area contributed by atoms with Gasteiger partial charge in [-0.05, 0) is 6.92 Å². The first-order valence-electron chi connectivity index (χ1n) is 4.21. The number of nitrogens with one attached hydrogen (secondary N) is 2. The van der Waals surface area contributed by atoms with Crippen LogP contribution in [0.2, 0.25) is 0 Å². The van der Waals surface area contributed by atoms with E-state index in [4.69, 9.17) is 5.11 Å². The second kappa shape index (κ2) is 5.02. The van der Waals surface area contributed by atoms with Gasteiger partial charge < -0.3 is 10.1 Å². The highest BCUT2D eigenvalue weighted by molar-refractivity contribution is 7.80. The fourth-order valence-corrected chi connectivity index (χ4v) is 1.30. The summed E-state index contributed by atoms with van der Waals surface area (Å²) < 4.78 is 0. The zero-order valence-electron chi connectivity index (χ0n) is 7.82. The van der Waals surface area contributed by atoms with Crippen LogP contribution in [0.5, 0.6) is 0 Å². The molecule has 0 aromatic carbocycles. The summed E-state index contributed by atoms with van der Waals surface area (Å²) in [5, 5.41) is 11.6. The molecule has 0 aliphatic heterocycles. The van der Waals surface area contributed by atoms with Crippen LogP contribution in [0, 0.1) is 6.92 Å². The van der Waals surface area contributed by atoms with Crippen molar-refractivity contribution in [1.82, 2.24) is 15.3 Å². The van der Waals surface area contributed by atoms with E-state index in [0.29, 0.717) is 6.54 Å². The molecule has 1 heterocycles. The van der Waals surface area contributed by atoms with Gasteiger partial charge in [0, 0.05) is 18.0 Å². The van der Waals surface area contributed by atoms with Gasteiger partial charge in [0.2, 0.25) is 0 Å². The minimum Gasteiger partial charge on any atom is -0.480 e. The second-order valence-corrected chi connectivity index (χ2v) is 3.29. The lowest BCUT2D eigenvalue weighted by Gasteiger charge is -2.10. The number of aromatic amines is 1. The molecule has 6 heteroatoms. The summed E-state index contributed by atoms with van der Waals surface area (Å²) >= 11 is 3.94. The molecule has 3 N–H and O–H groups in total. The summed E-state index contributed by atoms with van der Waals surface area (Å²) in [6.45, 7) is 2.33. The third-order valence-corrected chi connectivity index (χ3v) is 2.30. The molecule has 0 unspecified atom stereocenters. The SMILES string of the molecule is Cc1[nH]cnc1CN[C@H](CS)C(=O)O. The molecule has 14 heavy (non-hydrogen) atoms. The van der Waals surface area contributed by atoms with E-state index in [0.717, 1.165) is 11.4 Å². The minimum absolute atomic E-state index is 0.263. The summed E-state index contributed by atoms with van der Waals surface area (Å²) in [4.78, 5) is 17.6. The molecule has 1 atom stereocenters. The molecule has 0 amide bonds. The average molecular weight is 215 g/mol. The number of carboxylic acids is 1. The Balaban J connectivity index is 2.47. The van der Waals surface area contributed by atoms with Crippen LogP contribution < -0.4 is 5.32 Å². The molecule has 0 saturated heterocycles. The molecule has 0 bridgehead atoms. The van der Waals surface area contributed by atoms with Crippen LogP contribution in [0.4, 0.5) is 0 Å². The quantitative estimate of drug-likeness (QED) is 0.529. The fourth-order valence-electron chi connectivity index (χ4n) is 1.02. The maximum absolute atomic E-state index is 10.6. The van der Waals surface area contributed by atoms with E-state index in [1.165, 1.54) is 0 Å². The number of hydrogen-bond acceptors (Lipinski definition) is 4. The molecule has 0 fully saturated rings. The lowest BCUT2D eigenvalue weighted by molar-refractivity contribution is -0.138. The van der Waals surface area contributed by atoms with E-state index < -0.39 is 12.0 Å². The van der Waals surface area contributed by atoms with Crippen molar-refractivity contribution in [2.24, 2.45) is 0 Å². The molecule has 78 valence electrons. The zero-order valence-corrected chi connectivity index (χ0v) is 8.71. The Labute approximate surface area is 87.3 Å². The van der Waals surface area contributed by atoms with Gasteiger partial charge >= 0.3 is 5.97 Å². The topological polar surface area (TPSA) is 78.0 Å². The zero-order chi connectivity index (χ0) is 10.6. The van der Waals surface area contributed by atoms with Gasteiger partial charge in [-0.15, -0.1) is 0 Å². The molecule has 1 aromatic rings. The Bertz CT molecular complexity index is 313. The smallest absolute Gasteiger partial charge is 0.321 e. The summed E-state index contributed by atoms with van der Waals surface area (Å²) in [5.41, 5.74) is 1.78. The highest BCUT2D eigenvalue weighted by Gasteiger charge is 2.14. The monoisotopic (exact) mass is 215 g/mol. The highest BCUT2D eigenvalue weighted by atomic mass is 32.1. The van der Waals surface area contributed by atoms with Crippen LogP contribution in [0.25, 0.3) is 0 Å². The second-order valence-electron chi connectivity index (χ2n) is 2.93. The van der Waals surface area contributed by atoms with Gasteiger partial charge in [0.05, 0.1) is 12.0 Å². The number of nitrogens with zero attached hydrogens (tertiary/aromatic N) is 1. The van der Waals surface area contributed by atoms with E-state index in [1.54, 1.807) is 6.33 Å². The summed E-state index contributed by atoms with van der Waals surface area (Å²) in [5.74, 6) is -0.632. The van der Waals surface area contributed by atoms with Crippen molar-refractivity contribution in [3.63, 3.8) is 0 Å². The number of aromatic nitrogens is 2. The fraction of sp³-hybridized carbons (Fsp3) is 0.500. The average Bonchev–Trinajstić information content (AvgIpc) is 2.52. The van der Waals surface area contributed by atoms with Gasteiger partial charge in [0.25, 0.3) is 0 Å². The number of rotatable bonds is 5. The van der Waals surface area contributed by atoms with Crippen molar-refractivity contribution >= 4 is 18.6 Å². The molecule has 1 aromatic heterocycles. The molecule has 1 rings (SSSR count). The van der Waals surface area contributed by atoms with Crippen molar-refractivity contribution in [3.8, 4) is 0 Å². The van der Waals surface area contributed by atoms with Crippen molar-refractivity contribution in [2.45, 2.75) is 19.5 Å². The maximum Gasteiger partial charge on any atom is 0.321 e. The Hall–Kier alpha value is -1.01. The number of H-pyrrole nitrogens is 1. The summed E-state index contributed by atoms with van der Waals surface area (Å²) in [7, 11) is 0. The van der Waals surface area contributed by atoms with E-state index in [-0.39, 0.29) is 5.75 Å². The maximum atomic E-state index is 10.6. The van der Waals surface area contributed by atoms with E-state index >= 15 is 0 Å². The van der Waals surface area contributed by atoms with Crippen LogP contribution in [0.1, 0.15) is 11.4 Å². The number of thiol groups is 1. The molecule has 0 aliphatic rings. The number of imidazole rings is 1. The first-order valence-corrected chi connectivity index (χ1v) is 4.84. The van der Waals surface area contributed by atoms with E-state index in [9.17, 15) is 4.79 Å². The van der Waals surface area contributed by atoms with Crippen LogP contribution in [-0.2, 0) is 11.3 Å². The predicted octanol–water partition coefficient (Wildman–Crippen LogP) is 0.191. The Morgan fingerprint density at radius 1 is 1.86 bits per heavy atom. The van der Waals surface area contributed by atoms with Gasteiger partial charge in [-0.1, -0.05) is 0 Å². The summed E-state index contributed by atoms with van der Waals surface area (Å²) in [6.07, 6.45) is 1.59. The minimum atomic E-state index is -0.895. The number of aliphatic carboxylic acids is 1. The Kier molecular flexibility index (Phi) is 3.97. The lowest BCUT2D eigenvalue weighted by atomic mass is 10.3. The predicted molar refractivity (Wildman–Crippen MR) is 55.4 cm³/mol. The van der Waals surface area contributed by atoms with E-state index in [2.05, 4.69) is 27.9 Å². The standard InChI is InChI=1S/C8H13N3O2S/c1-5-6(11-4-10-5)2-9-7(3-14)8(12)13/h4,7,9,14H,2-3H2,1H3,(H,10,11)(H,12,13)/t7-/m1/s1. The van der Waals surface area contributed by atoms with E-state index in [1.807, 2.05) is 6.92 Å². The van der Waals surface area contributed by atoms with Crippen LogP contribution >= 0.6 is 12.6 Å². The highest BCUT2D eigenvalue weighted by Crippen LogP contribution is 2.00. The van der Waals surface area contributed by atoms with Crippen LogP contribution in [-0.4, -0.2) is 32.8 Å². The van der Waals surface area contributed by atoms with Crippen LogP contribution in [0.3, 0.4) is 0 Å². The number of aryl methyl sites for hydroxylation is 1. The van der Waals surface area contributed by atoms with Gasteiger partial charge in [0.15, 0.2) is 0 Å². The molecule has 0 radical (unpaired) electrons. The Morgan fingerprint density at radius 3 is 3.00 bits per heavy atom. The molecular formula is C8H13N3O2S. The van der Waals surface area contributed by atoms with Crippen molar-refractivity contribution < 1.29 is 9.90 Å². The normalized spacial score (nSPS) is 12.7. The molecular weight excluding hydrogens is 202 g/mol. The van der Waals surface area contributed by atoms with Crippen molar-refractivity contribution in [2.75, 3.05) is 5.75 Å². The number of carboxylic acid groups (broad SMARTS) is 1. The third-order valence-electron chi connectivity index (χ3n) is 1.93. The first-order chi connectivity index (χ1) is 6.65. The van der Waals surface area contributed by atoms with Gasteiger partial charge in [-0.2, -0.15) is 12.6 Å². The molecule has 5 nitrogen and oxygen atoms in total. The largest absolute Gasteiger partial charge is 0.480 e. The van der Waals surface area contributed by atoms with Crippen molar-refractivity contribution in [3.05, 3.63) is 17.7 Å². The van der Waals surface area contributed by atoms with Crippen molar-refractivity contribution in [1.29, 1.82) is 0 Å². The molecule has 0 saturated carbocycles. The molecule has 0 spiro atoms. The molecule has 0 aliphatic carbocycles. The third kappa shape index (κ3) is 2.74. The number of carbonyl (C=O) groups is 1. The van der Waals surface area contributed by atoms with Gasteiger partial charge in [0.1, 0.15) is 6.04 Å². The first kappa shape index (κ1) is 11.1. The summed E-state index contributed by atoms with van der Waals surface area (Å²) in [6, 6.07) is -0.630. The lowest BCUT2D eigenvalue weighted by Crippen LogP contribution is -2.37. The van der Waals surface area contributed by atoms with Crippen LogP contribution in [0.15, 0.2) is 6.33 Å². The van der Waals surface area contributed by atoms with Gasteiger partial charge in [-0.25, -0.2) is 4.98 Å².